The van der Waals surface area contributed by atoms with Crippen LogP contribution >= 0.6 is 43.2 Å². The molecule has 0 aliphatic rings. The number of benzene rings is 1. The van der Waals surface area contributed by atoms with E-state index in [9.17, 15) is 0 Å². The number of hydrogen-bond donors (Lipinski definition) is 1. The predicted octanol–water partition coefficient (Wildman–Crippen LogP) is 4.63. The van der Waals surface area contributed by atoms with E-state index in [1.54, 1.807) is 11.3 Å². The first-order valence-corrected chi connectivity index (χ1v) is 7.30. The second kappa shape index (κ2) is 5.00. The summed E-state index contributed by atoms with van der Waals surface area (Å²) >= 11 is 8.76. The van der Waals surface area contributed by atoms with Crippen LogP contribution in [0.2, 0.25) is 0 Å². The van der Waals surface area contributed by atoms with E-state index in [-0.39, 0.29) is 6.04 Å². The fraction of sp³-hybridized carbons (Fsp3) is 0.167. The van der Waals surface area contributed by atoms with Gasteiger partial charge in [0.15, 0.2) is 0 Å². The highest BCUT2D eigenvalue weighted by atomic mass is 79.9. The number of thiophene rings is 1. The number of halogens is 2. The van der Waals surface area contributed by atoms with E-state index in [2.05, 4.69) is 57.0 Å². The fourth-order valence-corrected chi connectivity index (χ4v) is 3.93. The van der Waals surface area contributed by atoms with Crippen molar-refractivity contribution in [1.82, 2.24) is 0 Å². The molecule has 4 heteroatoms. The van der Waals surface area contributed by atoms with Gasteiger partial charge in [-0.1, -0.05) is 28.1 Å². The van der Waals surface area contributed by atoms with E-state index in [1.807, 2.05) is 11.4 Å². The van der Waals surface area contributed by atoms with Crippen molar-refractivity contribution >= 4 is 43.2 Å². The Hall–Kier alpha value is -0.160. The Kier molecular flexibility index (Phi) is 3.85. The van der Waals surface area contributed by atoms with Gasteiger partial charge in [0.2, 0.25) is 0 Å². The topological polar surface area (TPSA) is 26.0 Å². The lowest BCUT2D eigenvalue weighted by Gasteiger charge is -2.13. The third-order valence-electron chi connectivity index (χ3n) is 2.42. The molecule has 1 unspecified atom stereocenters. The lowest BCUT2D eigenvalue weighted by Crippen LogP contribution is -2.11. The molecule has 0 fully saturated rings. The van der Waals surface area contributed by atoms with E-state index < -0.39 is 0 Å². The maximum absolute atomic E-state index is 6.26. The summed E-state index contributed by atoms with van der Waals surface area (Å²) in [5.74, 6) is 0. The molecule has 16 heavy (non-hydrogen) atoms. The Bertz CT molecular complexity index is 507. The third-order valence-corrected chi connectivity index (χ3v) is 5.06. The van der Waals surface area contributed by atoms with Crippen molar-refractivity contribution in [2.75, 3.05) is 0 Å². The first kappa shape index (κ1) is 12.3. The van der Waals surface area contributed by atoms with Crippen LogP contribution in [0.4, 0.5) is 0 Å². The van der Waals surface area contributed by atoms with Crippen LogP contribution in [0.25, 0.3) is 0 Å². The van der Waals surface area contributed by atoms with Gasteiger partial charge in [0, 0.05) is 13.8 Å². The van der Waals surface area contributed by atoms with Gasteiger partial charge < -0.3 is 5.73 Å². The maximum atomic E-state index is 6.26. The second-order valence-electron chi connectivity index (χ2n) is 3.64. The maximum Gasteiger partial charge on any atom is 0.0668 e. The zero-order valence-corrected chi connectivity index (χ0v) is 12.7. The van der Waals surface area contributed by atoms with Gasteiger partial charge in [-0.25, -0.2) is 0 Å². The lowest BCUT2D eigenvalue weighted by atomic mass is 10.0. The van der Waals surface area contributed by atoms with E-state index in [4.69, 9.17) is 5.73 Å². The first-order chi connectivity index (χ1) is 7.59. The first-order valence-electron chi connectivity index (χ1n) is 4.84. The normalized spacial score (nSPS) is 12.8. The summed E-state index contributed by atoms with van der Waals surface area (Å²) in [4.78, 5) is 1.16. The van der Waals surface area contributed by atoms with E-state index >= 15 is 0 Å². The molecule has 1 atom stereocenters. The fourth-order valence-electron chi connectivity index (χ4n) is 1.55. The van der Waals surface area contributed by atoms with Crippen LogP contribution in [-0.4, -0.2) is 0 Å². The molecule has 0 saturated heterocycles. The quantitative estimate of drug-likeness (QED) is 0.830. The molecule has 1 aromatic carbocycles. The number of aryl methyl sites for hydroxylation is 1. The number of nitrogens with two attached hydrogens (primary N) is 1. The molecule has 0 spiro atoms. The molecule has 0 amide bonds. The minimum absolute atomic E-state index is 0.0793. The molecule has 84 valence electrons. The highest BCUT2D eigenvalue weighted by Crippen LogP contribution is 2.34. The molecule has 0 aliphatic carbocycles. The molecule has 0 radical (unpaired) electrons. The third kappa shape index (κ3) is 2.40. The van der Waals surface area contributed by atoms with Crippen LogP contribution in [0.15, 0.2) is 38.6 Å². The van der Waals surface area contributed by atoms with Gasteiger partial charge in [0.05, 0.1) is 6.04 Å². The molecule has 2 aromatic rings. The molecule has 1 heterocycles. The highest BCUT2D eigenvalue weighted by Gasteiger charge is 2.15. The molecule has 1 aromatic heterocycles. The van der Waals surface area contributed by atoms with Crippen LogP contribution in [0.3, 0.4) is 0 Å². The molecule has 0 saturated carbocycles. The second-order valence-corrected chi connectivity index (χ2v) is 6.29. The average Bonchev–Trinajstić information content (AvgIpc) is 2.63. The van der Waals surface area contributed by atoms with Gasteiger partial charge in [-0.15, -0.1) is 11.3 Å². The summed E-state index contributed by atoms with van der Waals surface area (Å²) in [5.41, 5.74) is 8.61. The highest BCUT2D eigenvalue weighted by molar-refractivity contribution is 9.10. The predicted molar refractivity (Wildman–Crippen MR) is 76.9 cm³/mol. The van der Waals surface area contributed by atoms with Crippen molar-refractivity contribution in [3.63, 3.8) is 0 Å². The van der Waals surface area contributed by atoms with Crippen LogP contribution in [-0.2, 0) is 0 Å². The largest absolute Gasteiger partial charge is 0.320 e. The molecule has 0 bridgehead atoms. The molecular formula is C12H11Br2NS. The van der Waals surface area contributed by atoms with Crippen LogP contribution in [0, 0.1) is 6.92 Å². The van der Waals surface area contributed by atoms with E-state index in [0.29, 0.717) is 0 Å². The Labute approximate surface area is 116 Å². The summed E-state index contributed by atoms with van der Waals surface area (Å²) < 4.78 is 2.15. The summed E-state index contributed by atoms with van der Waals surface area (Å²) in [7, 11) is 0. The van der Waals surface area contributed by atoms with Gasteiger partial charge in [-0.05, 0) is 51.5 Å². The van der Waals surface area contributed by atoms with Crippen LogP contribution in [0.5, 0.6) is 0 Å². The summed E-state index contributed by atoms with van der Waals surface area (Å²) in [6.45, 7) is 2.07. The smallest absolute Gasteiger partial charge is 0.0668 e. The SMILES string of the molecule is Cc1ccc(C(N)c2sccc2Br)c(Br)c1. The Morgan fingerprint density at radius 3 is 2.50 bits per heavy atom. The summed E-state index contributed by atoms with van der Waals surface area (Å²) in [6, 6.07) is 8.21. The van der Waals surface area contributed by atoms with Crippen molar-refractivity contribution in [1.29, 1.82) is 0 Å². The van der Waals surface area contributed by atoms with Crippen LogP contribution in [0.1, 0.15) is 22.0 Å². The van der Waals surface area contributed by atoms with E-state index in [1.165, 1.54) is 5.56 Å². The van der Waals surface area contributed by atoms with Crippen LogP contribution < -0.4 is 5.73 Å². The Morgan fingerprint density at radius 1 is 1.19 bits per heavy atom. The minimum atomic E-state index is -0.0793. The van der Waals surface area contributed by atoms with Gasteiger partial charge in [0.25, 0.3) is 0 Å². The monoisotopic (exact) mass is 359 g/mol. The number of hydrogen-bond acceptors (Lipinski definition) is 2. The summed E-state index contributed by atoms with van der Waals surface area (Å²) in [6.07, 6.45) is 0. The molecule has 0 aliphatic heterocycles. The van der Waals surface area contributed by atoms with Crippen molar-refractivity contribution < 1.29 is 0 Å². The van der Waals surface area contributed by atoms with Crippen molar-refractivity contribution in [2.24, 2.45) is 5.73 Å². The van der Waals surface area contributed by atoms with Gasteiger partial charge in [-0.3, -0.25) is 0 Å². The van der Waals surface area contributed by atoms with Gasteiger partial charge in [-0.2, -0.15) is 0 Å². The van der Waals surface area contributed by atoms with Crippen molar-refractivity contribution in [3.8, 4) is 0 Å². The van der Waals surface area contributed by atoms with Gasteiger partial charge in [0.1, 0.15) is 0 Å². The lowest BCUT2D eigenvalue weighted by molar-refractivity contribution is 0.882. The average molecular weight is 361 g/mol. The minimum Gasteiger partial charge on any atom is -0.320 e. The van der Waals surface area contributed by atoms with Crippen molar-refractivity contribution in [2.45, 2.75) is 13.0 Å². The standard InChI is InChI=1S/C12H11Br2NS/c1-7-2-3-8(10(14)6-7)11(15)12-9(13)4-5-16-12/h2-6,11H,15H2,1H3. The zero-order valence-electron chi connectivity index (χ0n) is 8.71. The summed E-state index contributed by atoms with van der Waals surface area (Å²) in [5, 5.41) is 2.04. The Balaban J connectivity index is 2.41. The van der Waals surface area contributed by atoms with E-state index in [0.717, 1.165) is 19.4 Å². The molecule has 2 rings (SSSR count). The number of rotatable bonds is 2. The van der Waals surface area contributed by atoms with Crippen molar-refractivity contribution in [3.05, 3.63) is 54.6 Å². The molecule has 1 nitrogen and oxygen atoms in total. The Morgan fingerprint density at radius 2 is 1.94 bits per heavy atom. The van der Waals surface area contributed by atoms with Gasteiger partial charge >= 0.3 is 0 Å². The molecular weight excluding hydrogens is 350 g/mol. The zero-order chi connectivity index (χ0) is 11.7. The molecule has 2 N–H and O–H groups in total.